The molecule has 0 radical (unpaired) electrons. The normalized spacial score (nSPS) is 12.2. The zero-order valence-corrected chi connectivity index (χ0v) is 40.5. The van der Waals surface area contributed by atoms with Crippen molar-refractivity contribution < 1.29 is 24.2 Å². The lowest BCUT2D eigenvalue weighted by molar-refractivity contribution is -0.161. The number of aliphatic hydroxyl groups is 1. The molecule has 0 aliphatic rings. The van der Waals surface area contributed by atoms with Gasteiger partial charge in [0, 0.05) is 12.8 Å². The van der Waals surface area contributed by atoms with Gasteiger partial charge in [0.1, 0.15) is 6.61 Å². The highest BCUT2D eigenvalue weighted by molar-refractivity contribution is 5.70. The van der Waals surface area contributed by atoms with Crippen LogP contribution in [0.5, 0.6) is 0 Å². The number of aliphatic hydroxyl groups excluding tert-OH is 1. The quantitative estimate of drug-likeness (QED) is 0.0375. The third-order valence-electron chi connectivity index (χ3n) is 12.2. The molecule has 1 atom stereocenters. The number of hydrogen-bond donors (Lipinski definition) is 1. The van der Waals surface area contributed by atoms with Gasteiger partial charge in [-0.2, -0.15) is 0 Å². The van der Waals surface area contributed by atoms with Gasteiger partial charge >= 0.3 is 11.9 Å². The Morgan fingerprint density at radius 1 is 0.383 bits per heavy atom. The lowest BCUT2D eigenvalue weighted by atomic mass is 10.0. The maximum absolute atomic E-state index is 12.3. The van der Waals surface area contributed by atoms with Crippen molar-refractivity contribution >= 4 is 11.9 Å². The van der Waals surface area contributed by atoms with Gasteiger partial charge < -0.3 is 14.6 Å². The van der Waals surface area contributed by atoms with Gasteiger partial charge in [-0.15, -0.1) is 0 Å². The third-order valence-corrected chi connectivity index (χ3v) is 12.2. The summed E-state index contributed by atoms with van der Waals surface area (Å²) in [5.74, 6) is -0.583. The summed E-state index contributed by atoms with van der Waals surface area (Å²) in [6, 6.07) is 0. The Labute approximate surface area is 374 Å². The Balaban J connectivity index is 3.42. The summed E-state index contributed by atoms with van der Waals surface area (Å²) in [4.78, 5) is 24.5. The van der Waals surface area contributed by atoms with Crippen molar-refractivity contribution in [3.63, 3.8) is 0 Å². The second-order valence-electron chi connectivity index (χ2n) is 18.3. The molecule has 5 nitrogen and oxygen atoms in total. The molecule has 0 fully saturated rings. The van der Waals surface area contributed by atoms with E-state index in [1.807, 2.05) is 0 Å². The van der Waals surface area contributed by atoms with Crippen LogP contribution in [-0.4, -0.2) is 36.4 Å². The van der Waals surface area contributed by atoms with E-state index in [-0.39, 0.29) is 25.2 Å². The maximum atomic E-state index is 12.3. The Morgan fingerprint density at radius 3 is 1.00 bits per heavy atom. The Bertz CT molecular complexity index is 913. The van der Waals surface area contributed by atoms with E-state index in [1.54, 1.807) is 0 Å². The summed E-state index contributed by atoms with van der Waals surface area (Å²) >= 11 is 0. The molecular weight excluding hydrogens is 741 g/mol. The molecule has 0 aromatic rings. The fourth-order valence-electron chi connectivity index (χ4n) is 8.18. The summed E-state index contributed by atoms with van der Waals surface area (Å²) in [5.41, 5.74) is 0. The van der Waals surface area contributed by atoms with Gasteiger partial charge in [-0.1, -0.05) is 263 Å². The molecule has 0 spiro atoms. The van der Waals surface area contributed by atoms with Gasteiger partial charge in [0.05, 0.1) is 6.61 Å². The van der Waals surface area contributed by atoms with Crippen LogP contribution in [0.1, 0.15) is 296 Å². The number of carbonyl (C=O) groups is 2. The first-order valence-corrected chi connectivity index (χ1v) is 26.9. The molecule has 1 unspecified atom stereocenters. The van der Waals surface area contributed by atoms with E-state index >= 15 is 0 Å². The predicted molar refractivity (Wildman–Crippen MR) is 261 cm³/mol. The van der Waals surface area contributed by atoms with Crippen LogP contribution >= 0.6 is 0 Å². The van der Waals surface area contributed by atoms with Gasteiger partial charge in [-0.25, -0.2) is 0 Å². The molecule has 0 bridgehead atoms. The van der Waals surface area contributed by atoms with Crippen LogP contribution in [0.4, 0.5) is 0 Å². The number of carbonyl (C=O) groups excluding carboxylic acids is 2. The molecular formula is C55H104O5. The van der Waals surface area contributed by atoms with Crippen LogP contribution in [0, 0.1) is 0 Å². The van der Waals surface area contributed by atoms with Crippen molar-refractivity contribution in [1.29, 1.82) is 0 Å². The molecule has 1 N–H and O–H groups in total. The molecule has 0 heterocycles. The van der Waals surface area contributed by atoms with Crippen LogP contribution in [0.25, 0.3) is 0 Å². The average molecular weight is 845 g/mol. The highest BCUT2D eigenvalue weighted by Crippen LogP contribution is 2.17. The van der Waals surface area contributed by atoms with Crippen molar-refractivity contribution in [2.45, 2.75) is 302 Å². The number of esters is 2. The van der Waals surface area contributed by atoms with E-state index in [0.717, 1.165) is 44.9 Å². The summed E-state index contributed by atoms with van der Waals surface area (Å²) in [6.45, 7) is 4.16. The monoisotopic (exact) mass is 845 g/mol. The summed E-state index contributed by atoms with van der Waals surface area (Å²) < 4.78 is 10.7. The summed E-state index contributed by atoms with van der Waals surface area (Å²) in [6.07, 6.45) is 64.3. The molecule has 60 heavy (non-hydrogen) atoms. The van der Waals surface area contributed by atoms with Crippen molar-refractivity contribution in [1.82, 2.24) is 0 Å². The second kappa shape index (κ2) is 51.7. The van der Waals surface area contributed by atoms with Crippen LogP contribution in [0.15, 0.2) is 24.3 Å². The molecule has 0 rings (SSSR count). The van der Waals surface area contributed by atoms with E-state index in [0.29, 0.717) is 12.8 Å². The minimum atomic E-state index is -0.772. The van der Waals surface area contributed by atoms with E-state index in [9.17, 15) is 14.7 Å². The fourth-order valence-corrected chi connectivity index (χ4v) is 8.18. The first-order valence-electron chi connectivity index (χ1n) is 26.9. The van der Waals surface area contributed by atoms with E-state index in [1.165, 1.54) is 225 Å². The highest BCUT2D eigenvalue weighted by Gasteiger charge is 2.16. The van der Waals surface area contributed by atoms with Gasteiger partial charge in [0.2, 0.25) is 0 Å². The van der Waals surface area contributed by atoms with Gasteiger partial charge in [0.25, 0.3) is 0 Å². The fraction of sp³-hybridized carbons (Fsp3) is 0.891. The SMILES string of the molecule is CCCCCC/C=C\C/C=C\CCCCCCCCCC(=O)OC(CO)COC(=O)CCCCCCCCCCCCCCCCCCCCCCCCCCCCCC. The van der Waals surface area contributed by atoms with Crippen molar-refractivity contribution in [2.24, 2.45) is 0 Å². The summed E-state index contributed by atoms with van der Waals surface area (Å²) in [5, 5.41) is 9.63. The second-order valence-corrected chi connectivity index (χ2v) is 18.3. The largest absolute Gasteiger partial charge is 0.462 e. The van der Waals surface area contributed by atoms with Crippen molar-refractivity contribution in [2.75, 3.05) is 13.2 Å². The zero-order chi connectivity index (χ0) is 43.5. The van der Waals surface area contributed by atoms with Gasteiger partial charge in [-0.3, -0.25) is 9.59 Å². The van der Waals surface area contributed by atoms with E-state index < -0.39 is 6.10 Å². The number of unbranched alkanes of at least 4 members (excludes halogenated alkanes) is 38. The number of hydrogen-bond acceptors (Lipinski definition) is 5. The molecule has 0 saturated carbocycles. The van der Waals surface area contributed by atoms with Crippen LogP contribution in [0.3, 0.4) is 0 Å². The molecule has 0 aliphatic heterocycles. The minimum absolute atomic E-state index is 0.0639. The molecule has 0 aromatic carbocycles. The maximum Gasteiger partial charge on any atom is 0.306 e. The number of ether oxygens (including phenoxy) is 2. The number of rotatable bonds is 50. The zero-order valence-electron chi connectivity index (χ0n) is 40.5. The van der Waals surface area contributed by atoms with Crippen LogP contribution < -0.4 is 0 Å². The molecule has 0 amide bonds. The van der Waals surface area contributed by atoms with E-state index in [2.05, 4.69) is 38.2 Å². The molecule has 354 valence electrons. The molecule has 0 saturated heterocycles. The standard InChI is InChI=1S/C55H104O5/c1-3-5-7-9-11-13-15-17-19-21-23-24-25-26-27-28-29-30-31-32-34-35-37-39-41-43-45-47-49-54(57)59-52-53(51-56)60-55(58)50-48-46-44-42-40-38-36-33-22-20-18-16-14-12-10-8-6-4-2/h14,16,20,22,53,56H,3-13,15,17-19,21,23-52H2,1-2H3/b16-14-,22-20-. The predicted octanol–water partition coefficient (Wildman–Crippen LogP) is 17.8. The Hall–Kier alpha value is -1.62. The average Bonchev–Trinajstić information content (AvgIpc) is 3.25. The number of allylic oxidation sites excluding steroid dienone is 4. The van der Waals surface area contributed by atoms with Gasteiger partial charge in [-0.05, 0) is 44.9 Å². The first kappa shape index (κ1) is 58.4. The van der Waals surface area contributed by atoms with Crippen LogP contribution in [0.2, 0.25) is 0 Å². The third kappa shape index (κ3) is 49.0. The molecule has 0 aliphatic carbocycles. The summed E-state index contributed by atoms with van der Waals surface area (Å²) in [7, 11) is 0. The smallest absolute Gasteiger partial charge is 0.306 e. The van der Waals surface area contributed by atoms with Gasteiger partial charge in [0.15, 0.2) is 6.10 Å². The topological polar surface area (TPSA) is 72.8 Å². The van der Waals surface area contributed by atoms with Crippen molar-refractivity contribution in [3.05, 3.63) is 24.3 Å². The lowest BCUT2D eigenvalue weighted by Gasteiger charge is -2.15. The molecule has 5 heteroatoms. The molecule has 0 aromatic heterocycles. The van der Waals surface area contributed by atoms with Crippen LogP contribution in [-0.2, 0) is 19.1 Å². The Kier molecular flexibility index (Phi) is 50.3. The lowest BCUT2D eigenvalue weighted by Crippen LogP contribution is -2.28. The first-order chi connectivity index (χ1) is 29.6. The minimum Gasteiger partial charge on any atom is -0.462 e. The highest BCUT2D eigenvalue weighted by atomic mass is 16.6. The van der Waals surface area contributed by atoms with E-state index in [4.69, 9.17) is 9.47 Å². The van der Waals surface area contributed by atoms with Crippen molar-refractivity contribution in [3.8, 4) is 0 Å². The Morgan fingerprint density at radius 2 is 0.667 bits per heavy atom.